The second-order valence-corrected chi connectivity index (χ2v) is 3.11. The number of rotatable bonds is 3. The lowest BCUT2D eigenvalue weighted by molar-refractivity contribution is -0.184. The van der Waals surface area contributed by atoms with Gasteiger partial charge in [0.1, 0.15) is 6.61 Å². The topological polar surface area (TPSA) is 75.0 Å². The van der Waals surface area contributed by atoms with Gasteiger partial charge in [0.2, 0.25) is 0 Å². The van der Waals surface area contributed by atoms with Crippen LogP contribution in [0.1, 0.15) is 18.7 Å². The van der Waals surface area contributed by atoms with Crippen LogP contribution >= 0.6 is 0 Å². The predicted octanol–water partition coefficient (Wildman–Crippen LogP) is 0.703. The number of H-pyrrole nitrogens is 2. The lowest BCUT2D eigenvalue weighted by Gasteiger charge is -2.14. The number of alkyl halides is 3. The fourth-order valence-corrected chi connectivity index (χ4v) is 1.02. The normalized spacial score (nSPS) is 13.8. The van der Waals surface area contributed by atoms with E-state index < -0.39 is 30.1 Å². The number of ether oxygens (including phenoxy) is 1. The average molecular weight is 238 g/mol. The Morgan fingerprint density at radius 3 is 2.50 bits per heavy atom. The molecule has 0 aliphatic carbocycles. The summed E-state index contributed by atoms with van der Waals surface area (Å²) < 4.78 is 39.9. The number of nitrogens with one attached hydrogen (secondary N) is 2. The first-order valence-electron chi connectivity index (χ1n) is 4.30. The lowest BCUT2D eigenvalue weighted by atomic mass is 10.3. The molecule has 1 aromatic rings. The Labute approximate surface area is 87.3 Å². The molecular formula is C8H9F3N2O3. The predicted molar refractivity (Wildman–Crippen MR) is 48.1 cm³/mol. The molecule has 2 N–H and O–H groups in total. The van der Waals surface area contributed by atoms with E-state index in [0.717, 1.165) is 6.07 Å². The van der Waals surface area contributed by atoms with Gasteiger partial charge in [0.15, 0.2) is 0 Å². The third-order valence-corrected chi connectivity index (χ3v) is 1.72. The molecule has 16 heavy (non-hydrogen) atoms. The van der Waals surface area contributed by atoms with E-state index in [-0.39, 0.29) is 5.69 Å². The fraction of sp³-hybridized carbons (Fsp3) is 0.500. The summed E-state index contributed by atoms with van der Waals surface area (Å²) in [5, 5.41) is 0. The molecule has 1 heterocycles. The molecule has 0 bridgehead atoms. The van der Waals surface area contributed by atoms with Crippen molar-refractivity contribution in [3.63, 3.8) is 0 Å². The van der Waals surface area contributed by atoms with Gasteiger partial charge in [-0.15, -0.1) is 0 Å². The summed E-state index contributed by atoms with van der Waals surface area (Å²) in [5.74, 6) is 0. The van der Waals surface area contributed by atoms with Gasteiger partial charge in [-0.05, 0) is 6.92 Å². The quantitative estimate of drug-likeness (QED) is 0.814. The molecule has 1 atom stereocenters. The van der Waals surface area contributed by atoms with Crippen molar-refractivity contribution in [1.29, 1.82) is 0 Å². The minimum absolute atomic E-state index is 0.00185. The van der Waals surface area contributed by atoms with Gasteiger partial charge in [0.05, 0.1) is 11.8 Å². The standard InChI is InChI=1S/C8H9F3N2O3/c1-4(16-3-8(9,10)11)5-2-6(14)13-7(15)12-5/h2,4H,3H2,1H3,(H2,12,13,14,15). The van der Waals surface area contributed by atoms with Crippen LogP contribution in [0.4, 0.5) is 13.2 Å². The number of hydrogen-bond acceptors (Lipinski definition) is 3. The van der Waals surface area contributed by atoms with Crippen molar-refractivity contribution in [2.75, 3.05) is 6.61 Å². The molecule has 0 fully saturated rings. The van der Waals surface area contributed by atoms with Gasteiger partial charge in [-0.3, -0.25) is 9.78 Å². The van der Waals surface area contributed by atoms with E-state index in [4.69, 9.17) is 0 Å². The largest absolute Gasteiger partial charge is 0.411 e. The zero-order valence-electron chi connectivity index (χ0n) is 8.22. The van der Waals surface area contributed by atoms with E-state index in [0.29, 0.717) is 0 Å². The summed E-state index contributed by atoms with van der Waals surface area (Å²) in [4.78, 5) is 25.8. The van der Waals surface area contributed by atoms with Crippen LogP contribution in [0, 0.1) is 0 Å². The third-order valence-electron chi connectivity index (χ3n) is 1.72. The molecular weight excluding hydrogens is 229 g/mol. The second kappa shape index (κ2) is 4.52. The zero-order chi connectivity index (χ0) is 12.3. The van der Waals surface area contributed by atoms with Crippen LogP contribution in [0.3, 0.4) is 0 Å². The summed E-state index contributed by atoms with van der Waals surface area (Å²) in [6, 6.07) is 0.975. The van der Waals surface area contributed by atoms with Crippen molar-refractivity contribution < 1.29 is 17.9 Å². The lowest BCUT2D eigenvalue weighted by Crippen LogP contribution is -2.25. The van der Waals surface area contributed by atoms with Gasteiger partial charge in [-0.2, -0.15) is 13.2 Å². The van der Waals surface area contributed by atoms with Gasteiger partial charge in [0, 0.05) is 6.07 Å². The van der Waals surface area contributed by atoms with Crippen LogP contribution in [0.15, 0.2) is 15.7 Å². The molecule has 1 unspecified atom stereocenters. The second-order valence-electron chi connectivity index (χ2n) is 3.11. The first kappa shape index (κ1) is 12.5. The van der Waals surface area contributed by atoms with Gasteiger partial charge >= 0.3 is 11.9 Å². The first-order valence-corrected chi connectivity index (χ1v) is 4.30. The van der Waals surface area contributed by atoms with Crippen LogP contribution in [-0.4, -0.2) is 22.8 Å². The molecule has 0 radical (unpaired) electrons. The molecule has 90 valence electrons. The van der Waals surface area contributed by atoms with E-state index >= 15 is 0 Å². The Bertz CT molecular complexity index is 434. The maximum Gasteiger partial charge on any atom is 0.411 e. The highest BCUT2D eigenvalue weighted by atomic mass is 19.4. The van der Waals surface area contributed by atoms with Crippen LogP contribution in [0.25, 0.3) is 0 Å². The molecule has 5 nitrogen and oxygen atoms in total. The van der Waals surface area contributed by atoms with Crippen LogP contribution < -0.4 is 11.2 Å². The number of hydrogen-bond donors (Lipinski definition) is 2. The molecule has 0 aliphatic heterocycles. The smallest absolute Gasteiger partial charge is 0.363 e. The molecule has 0 aromatic carbocycles. The average Bonchev–Trinajstić information content (AvgIpc) is 2.11. The van der Waals surface area contributed by atoms with Crippen molar-refractivity contribution in [2.24, 2.45) is 0 Å². The van der Waals surface area contributed by atoms with Crippen LogP contribution in [-0.2, 0) is 4.74 Å². The summed E-state index contributed by atoms with van der Waals surface area (Å²) >= 11 is 0. The monoisotopic (exact) mass is 238 g/mol. The molecule has 1 aromatic heterocycles. The Morgan fingerprint density at radius 1 is 1.38 bits per heavy atom. The highest BCUT2D eigenvalue weighted by Crippen LogP contribution is 2.19. The van der Waals surface area contributed by atoms with Gasteiger partial charge < -0.3 is 9.72 Å². The van der Waals surface area contributed by atoms with Crippen molar-refractivity contribution in [2.45, 2.75) is 19.2 Å². The molecule has 1 rings (SSSR count). The van der Waals surface area contributed by atoms with Crippen LogP contribution in [0.5, 0.6) is 0 Å². The molecule has 0 aliphatic rings. The Balaban J connectivity index is 2.77. The first-order chi connectivity index (χ1) is 7.28. The van der Waals surface area contributed by atoms with Crippen LogP contribution in [0.2, 0.25) is 0 Å². The Kier molecular flexibility index (Phi) is 3.53. The summed E-state index contributed by atoms with van der Waals surface area (Å²) in [6.07, 6.45) is -5.47. The molecule has 0 saturated heterocycles. The van der Waals surface area contributed by atoms with Gasteiger partial charge in [-0.25, -0.2) is 4.79 Å². The van der Waals surface area contributed by atoms with Crippen molar-refractivity contribution in [1.82, 2.24) is 9.97 Å². The fourth-order valence-electron chi connectivity index (χ4n) is 1.02. The summed E-state index contributed by atoms with van der Waals surface area (Å²) in [7, 11) is 0. The van der Waals surface area contributed by atoms with Crippen molar-refractivity contribution in [3.05, 3.63) is 32.6 Å². The molecule has 0 saturated carbocycles. The molecule has 8 heteroatoms. The van der Waals surface area contributed by atoms with E-state index in [9.17, 15) is 22.8 Å². The van der Waals surface area contributed by atoms with Gasteiger partial charge in [0.25, 0.3) is 5.56 Å². The number of aromatic nitrogens is 2. The van der Waals surface area contributed by atoms with Crippen molar-refractivity contribution in [3.8, 4) is 0 Å². The number of aromatic amines is 2. The minimum atomic E-state index is -4.45. The maximum absolute atomic E-state index is 11.8. The van der Waals surface area contributed by atoms with E-state index in [1.165, 1.54) is 6.92 Å². The third kappa shape index (κ3) is 3.89. The summed E-state index contributed by atoms with van der Waals surface area (Å²) in [5.41, 5.74) is -1.48. The zero-order valence-corrected chi connectivity index (χ0v) is 8.22. The van der Waals surface area contributed by atoms with E-state index in [1.54, 1.807) is 0 Å². The van der Waals surface area contributed by atoms with Gasteiger partial charge in [-0.1, -0.05) is 0 Å². The maximum atomic E-state index is 11.8. The highest BCUT2D eigenvalue weighted by molar-refractivity contribution is 5.01. The minimum Gasteiger partial charge on any atom is -0.363 e. The molecule has 0 spiro atoms. The molecule has 0 amide bonds. The summed E-state index contributed by atoms with van der Waals surface area (Å²) in [6.45, 7) is -0.139. The Hall–Kier alpha value is -1.57. The SMILES string of the molecule is CC(OCC(F)(F)F)c1cc(=O)[nH]c(=O)[nH]1. The highest BCUT2D eigenvalue weighted by Gasteiger charge is 2.28. The number of halogens is 3. The van der Waals surface area contributed by atoms with Crippen molar-refractivity contribution >= 4 is 0 Å². The van der Waals surface area contributed by atoms with E-state index in [2.05, 4.69) is 9.72 Å². The Morgan fingerprint density at radius 2 is 2.00 bits per heavy atom. The van der Waals surface area contributed by atoms with E-state index in [1.807, 2.05) is 4.98 Å².